The van der Waals surface area contributed by atoms with Crippen molar-refractivity contribution in [2.45, 2.75) is 32.8 Å². The van der Waals surface area contributed by atoms with Crippen molar-refractivity contribution < 1.29 is 18.3 Å². The van der Waals surface area contributed by atoms with Crippen LogP contribution in [0, 0.1) is 17.6 Å². The van der Waals surface area contributed by atoms with E-state index in [0.29, 0.717) is 18.2 Å². The van der Waals surface area contributed by atoms with Gasteiger partial charge in [0.1, 0.15) is 17.4 Å². The summed E-state index contributed by atoms with van der Waals surface area (Å²) in [5, 5.41) is 1.87. The maximum Gasteiger partial charge on any atom is 0.159 e. The van der Waals surface area contributed by atoms with Gasteiger partial charge in [-0.05, 0) is 37.8 Å². The molecule has 0 atom stereocenters. The molecule has 26 heavy (non-hydrogen) atoms. The number of hydrogen-bond donors (Lipinski definition) is 1. The topological polar surface area (TPSA) is 41.6 Å². The number of hydrazine groups is 1. The van der Waals surface area contributed by atoms with Crippen molar-refractivity contribution >= 4 is 5.78 Å². The third-order valence-electron chi connectivity index (χ3n) is 4.49. The first-order chi connectivity index (χ1) is 12.4. The minimum Gasteiger partial charge on any atom is -0.490 e. The zero-order valence-electron chi connectivity index (χ0n) is 14.8. The van der Waals surface area contributed by atoms with Crippen LogP contribution in [-0.2, 0) is 4.79 Å². The fourth-order valence-corrected chi connectivity index (χ4v) is 3.10. The summed E-state index contributed by atoms with van der Waals surface area (Å²) in [5.41, 5.74) is 4.92. The van der Waals surface area contributed by atoms with Crippen LogP contribution >= 0.6 is 0 Å². The lowest BCUT2D eigenvalue weighted by Crippen LogP contribution is -2.31. The maximum absolute atomic E-state index is 12.8. The van der Waals surface area contributed by atoms with Crippen molar-refractivity contribution in [2.75, 3.05) is 6.54 Å². The number of fused-ring (bicyclic) bond motifs is 1. The number of carbonyl (C=O) groups is 1. The second-order valence-electron chi connectivity index (χ2n) is 6.75. The Bertz CT molecular complexity index is 760. The van der Waals surface area contributed by atoms with Crippen molar-refractivity contribution in [1.82, 2.24) is 10.4 Å². The summed E-state index contributed by atoms with van der Waals surface area (Å²) in [4.78, 5) is 11.1. The summed E-state index contributed by atoms with van der Waals surface area (Å²) in [5.74, 6) is -0.0856. The third-order valence-corrected chi connectivity index (χ3v) is 4.49. The standard InChI is InChI=1S/C11H12F2O.C9H10N2O/c1-7-2-10(3-7)14-11-5-8(12)4-9(13)6-11;1-7(12)8-6-10-11-5-3-2-4-9(8)11/h4-7,10H,2-3H2,1H3;2-5,10H,6H2,1H3. The van der Waals surface area contributed by atoms with E-state index in [1.165, 1.54) is 12.1 Å². The molecule has 1 aromatic carbocycles. The average molecular weight is 360 g/mol. The molecule has 1 aromatic rings. The number of rotatable bonds is 3. The molecule has 0 aromatic heterocycles. The molecular weight excluding hydrogens is 338 g/mol. The van der Waals surface area contributed by atoms with Gasteiger partial charge in [-0.1, -0.05) is 13.0 Å². The van der Waals surface area contributed by atoms with Crippen molar-refractivity contribution in [3.63, 3.8) is 0 Å². The SMILES string of the molecule is CC(=O)C1=C2C=CC=CN2NC1.CC1CC(Oc2cc(F)cc(F)c2)C1. The van der Waals surface area contributed by atoms with E-state index in [1.807, 2.05) is 29.4 Å². The number of benzene rings is 1. The summed E-state index contributed by atoms with van der Waals surface area (Å²) in [6, 6.07) is 3.27. The molecule has 1 aliphatic carbocycles. The largest absolute Gasteiger partial charge is 0.490 e. The van der Waals surface area contributed by atoms with Crippen molar-refractivity contribution in [3.05, 3.63) is 65.5 Å². The Morgan fingerprint density at radius 2 is 1.88 bits per heavy atom. The molecule has 0 spiro atoms. The molecule has 0 bridgehead atoms. The Labute approximate surface area is 151 Å². The van der Waals surface area contributed by atoms with Crippen molar-refractivity contribution in [2.24, 2.45) is 5.92 Å². The summed E-state index contributed by atoms with van der Waals surface area (Å²) in [7, 11) is 0. The molecular formula is C20H22F2N2O2. The van der Waals surface area contributed by atoms with Gasteiger partial charge in [0, 0.05) is 36.5 Å². The van der Waals surface area contributed by atoms with Gasteiger partial charge in [0.05, 0.1) is 11.8 Å². The predicted octanol–water partition coefficient (Wildman–Crippen LogP) is 3.88. The molecule has 1 fully saturated rings. The van der Waals surface area contributed by atoms with Crippen LogP contribution in [0.3, 0.4) is 0 Å². The van der Waals surface area contributed by atoms with E-state index in [1.54, 1.807) is 6.92 Å². The lowest BCUT2D eigenvalue weighted by atomic mass is 9.84. The molecule has 2 aliphatic heterocycles. The zero-order chi connectivity index (χ0) is 18.7. The highest BCUT2D eigenvalue weighted by molar-refractivity contribution is 5.95. The Kier molecular flexibility index (Phi) is 5.52. The number of nitrogens with zero attached hydrogens (tertiary/aromatic N) is 1. The number of Topliss-reactive ketones (excluding diaryl/α,β-unsaturated/α-hetero) is 1. The number of allylic oxidation sites excluding steroid dienone is 3. The van der Waals surface area contributed by atoms with Gasteiger partial charge in [0.2, 0.25) is 0 Å². The van der Waals surface area contributed by atoms with E-state index in [9.17, 15) is 13.6 Å². The first-order valence-electron chi connectivity index (χ1n) is 8.67. The second kappa shape index (κ2) is 7.83. The van der Waals surface area contributed by atoms with Gasteiger partial charge in [0.15, 0.2) is 5.78 Å². The summed E-state index contributed by atoms with van der Waals surface area (Å²) in [6.45, 7) is 4.37. The average Bonchev–Trinajstić information content (AvgIpc) is 2.97. The molecule has 0 saturated heterocycles. The Balaban J connectivity index is 0.000000152. The smallest absolute Gasteiger partial charge is 0.159 e. The molecule has 1 N–H and O–H groups in total. The van der Waals surface area contributed by atoms with E-state index >= 15 is 0 Å². The van der Waals surface area contributed by atoms with Crippen LogP contribution in [0.4, 0.5) is 8.78 Å². The van der Waals surface area contributed by atoms with Gasteiger partial charge < -0.3 is 4.74 Å². The molecule has 138 valence electrons. The van der Waals surface area contributed by atoms with Crippen molar-refractivity contribution in [1.29, 1.82) is 0 Å². The zero-order valence-corrected chi connectivity index (χ0v) is 14.8. The number of hydrogen-bond acceptors (Lipinski definition) is 4. The van der Waals surface area contributed by atoms with Crippen LogP contribution in [0.25, 0.3) is 0 Å². The number of halogens is 2. The van der Waals surface area contributed by atoms with E-state index in [4.69, 9.17) is 4.74 Å². The Hall–Kier alpha value is -2.47. The second-order valence-corrected chi connectivity index (χ2v) is 6.75. The normalized spacial score (nSPS) is 23.2. The van der Waals surface area contributed by atoms with Gasteiger partial charge in [-0.15, -0.1) is 0 Å². The lowest BCUT2D eigenvalue weighted by Gasteiger charge is -2.32. The molecule has 4 rings (SSSR count). The number of nitrogens with one attached hydrogen (secondary N) is 1. The molecule has 3 aliphatic rings. The fourth-order valence-electron chi connectivity index (χ4n) is 3.10. The molecule has 1 saturated carbocycles. The van der Waals surface area contributed by atoms with E-state index in [-0.39, 0.29) is 11.9 Å². The van der Waals surface area contributed by atoms with E-state index < -0.39 is 11.6 Å². The first-order valence-corrected chi connectivity index (χ1v) is 8.67. The molecule has 0 amide bonds. The van der Waals surface area contributed by atoms with Gasteiger partial charge in [-0.2, -0.15) is 0 Å². The molecule has 4 nitrogen and oxygen atoms in total. The number of ether oxygens (including phenoxy) is 1. The highest BCUT2D eigenvalue weighted by Crippen LogP contribution is 2.31. The monoisotopic (exact) mass is 360 g/mol. The quantitative estimate of drug-likeness (QED) is 0.888. The fraction of sp³-hybridized carbons (Fsp3) is 0.350. The number of ketones is 1. The minimum atomic E-state index is -0.590. The first kappa shape index (κ1) is 18.3. The molecule has 6 heteroatoms. The minimum absolute atomic E-state index is 0.131. The Morgan fingerprint density at radius 1 is 1.19 bits per heavy atom. The third kappa shape index (κ3) is 4.38. The van der Waals surface area contributed by atoms with E-state index in [0.717, 1.165) is 30.2 Å². The molecule has 0 radical (unpaired) electrons. The van der Waals surface area contributed by atoms with Crippen LogP contribution in [0.1, 0.15) is 26.7 Å². The summed E-state index contributed by atoms with van der Waals surface area (Å²) in [6.07, 6.45) is 9.78. The van der Waals surface area contributed by atoms with Crippen LogP contribution in [0.15, 0.2) is 53.9 Å². The maximum atomic E-state index is 12.8. The van der Waals surface area contributed by atoms with Gasteiger partial charge in [-0.3, -0.25) is 9.80 Å². The van der Waals surface area contributed by atoms with Gasteiger partial charge >= 0.3 is 0 Å². The van der Waals surface area contributed by atoms with Crippen LogP contribution in [-0.4, -0.2) is 23.4 Å². The summed E-state index contributed by atoms with van der Waals surface area (Å²) < 4.78 is 30.9. The molecule has 0 unspecified atom stereocenters. The van der Waals surface area contributed by atoms with Gasteiger partial charge in [-0.25, -0.2) is 14.2 Å². The predicted molar refractivity (Wildman–Crippen MR) is 95.0 cm³/mol. The van der Waals surface area contributed by atoms with Crippen LogP contribution < -0.4 is 10.2 Å². The van der Waals surface area contributed by atoms with Crippen molar-refractivity contribution in [3.8, 4) is 5.75 Å². The van der Waals surface area contributed by atoms with Crippen LogP contribution in [0.2, 0.25) is 0 Å². The highest BCUT2D eigenvalue weighted by atomic mass is 19.1. The van der Waals surface area contributed by atoms with Gasteiger partial charge in [0.25, 0.3) is 0 Å². The highest BCUT2D eigenvalue weighted by Gasteiger charge is 2.27. The summed E-state index contributed by atoms with van der Waals surface area (Å²) >= 11 is 0. The number of carbonyl (C=O) groups excluding carboxylic acids is 1. The van der Waals surface area contributed by atoms with E-state index in [2.05, 4.69) is 12.3 Å². The molecule has 2 heterocycles. The Morgan fingerprint density at radius 3 is 2.50 bits per heavy atom. The lowest BCUT2D eigenvalue weighted by molar-refractivity contribution is -0.113. The van der Waals surface area contributed by atoms with Crippen LogP contribution in [0.5, 0.6) is 5.75 Å².